The van der Waals surface area contributed by atoms with Crippen LogP contribution in [-0.4, -0.2) is 19.1 Å². The quantitative estimate of drug-likeness (QED) is 0.856. The Morgan fingerprint density at radius 3 is 2.65 bits per heavy atom. The first-order chi connectivity index (χ1) is 9.61. The molecule has 1 saturated carbocycles. The number of rotatable bonds is 5. The summed E-state index contributed by atoms with van der Waals surface area (Å²) in [5, 5.41) is 0. The van der Waals surface area contributed by atoms with E-state index < -0.39 is 0 Å². The average Bonchev–Trinajstić information content (AvgIpc) is 2.49. The van der Waals surface area contributed by atoms with E-state index in [4.69, 9.17) is 5.73 Å². The molecule has 20 heavy (non-hydrogen) atoms. The highest BCUT2D eigenvalue weighted by atomic mass is 79.9. The highest BCUT2D eigenvalue weighted by Crippen LogP contribution is 2.31. The van der Waals surface area contributed by atoms with Crippen LogP contribution in [0.1, 0.15) is 51.0 Å². The minimum absolute atomic E-state index is 0.259. The molecule has 2 nitrogen and oxygen atoms in total. The van der Waals surface area contributed by atoms with Gasteiger partial charge in [0.15, 0.2) is 0 Å². The molecule has 0 amide bonds. The van der Waals surface area contributed by atoms with Gasteiger partial charge in [-0.3, -0.25) is 0 Å². The second-order valence-corrected chi connectivity index (χ2v) is 6.96. The Hall–Kier alpha value is -0.540. The van der Waals surface area contributed by atoms with E-state index in [0.717, 1.165) is 17.3 Å². The van der Waals surface area contributed by atoms with E-state index in [1.807, 2.05) is 0 Å². The Labute approximate surface area is 131 Å². The maximum atomic E-state index is 6.16. The lowest BCUT2D eigenvalue weighted by Gasteiger charge is -2.34. The van der Waals surface area contributed by atoms with Crippen molar-refractivity contribution in [2.75, 3.05) is 11.9 Å². The van der Waals surface area contributed by atoms with E-state index >= 15 is 0 Å². The molecule has 0 saturated heterocycles. The van der Waals surface area contributed by atoms with Gasteiger partial charge in [0.05, 0.1) is 0 Å². The molecule has 2 rings (SSSR count). The molecule has 1 aliphatic carbocycles. The van der Waals surface area contributed by atoms with E-state index in [0.29, 0.717) is 6.04 Å². The van der Waals surface area contributed by atoms with Crippen LogP contribution in [-0.2, 0) is 6.42 Å². The number of benzene rings is 1. The van der Waals surface area contributed by atoms with E-state index in [2.05, 4.69) is 53.0 Å². The Morgan fingerprint density at radius 1 is 1.30 bits per heavy atom. The van der Waals surface area contributed by atoms with Gasteiger partial charge in [0.1, 0.15) is 0 Å². The molecule has 0 radical (unpaired) electrons. The maximum absolute atomic E-state index is 6.16. The first-order valence-electron chi connectivity index (χ1n) is 7.88. The van der Waals surface area contributed by atoms with Gasteiger partial charge in [-0.15, -0.1) is 0 Å². The number of nitrogens with two attached hydrogens (primary N) is 1. The zero-order chi connectivity index (χ0) is 14.5. The molecule has 1 unspecified atom stereocenters. The van der Waals surface area contributed by atoms with Gasteiger partial charge in [-0.1, -0.05) is 48.2 Å². The molecular formula is C17H27BrN2. The highest BCUT2D eigenvalue weighted by Gasteiger charge is 2.20. The zero-order valence-electron chi connectivity index (χ0n) is 12.7. The van der Waals surface area contributed by atoms with Crippen LogP contribution in [0.5, 0.6) is 0 Å². The Bertz CT molecular complexity index is 427. The summed E-state index contributed by atoms with van der Waals surface area (Å²) in [5.41, 5.74) is 8.90. The number of hydrogen-bond acceptors (Lipinski definition) is 2. The molecule has 1 aromatic rings. The van der Waals surface area contributed by atoms with Gasteiger partial charge in [-0.25, -0.2) is 0 Å². The summed E-state index contributed by atoms with van der Waals surface area (Å²) in [7, 11) is 2.25. The van der Waals surface area contributed by atoms with Crippen molar-refractivity contribution >= 4 is 21.6 Å². The molecule has 1 aliphatic rings. The van der Waals surface area contributed by atoms with Crippen LogP contribution >= 0.6 is 15.9 Å². The Kier molecular flexibility index (Phi) is 5.91. The Balaban J connectivity index is 2.20. The van der Waals surface area contributed by atoms with E-state index in [9.17, 15) is 0 Å². The molecule has 112 valence electrons. The van der Waals surface area contributed by atoms with Gasteiger partial charge in [0, 0.05) is 29.3 Å². The third-order valence-electron chi connectivity index (χ3n) is 4.56. The molecule has 3 heteroatoms. The normalized spacial score (nSPS) is 18.0. The fourth-order valence-corrected chi connectivity index (χ4v) is 3.48. The molecule has 0 aromatic heterocycles. The van der Waals surface area contributed by atoms with Crippen LogP contribution in [0.3, 0.4) is 0 Å². The molecular weight excluding hydrogens is 312 g/mol. The summed E-state index contributed by atoms with van der Waals surface area (Å²) >= 11 is 3.61. The summed E-state index contributed by atoms with van der Waals surface area (Å²) in [5.74, 6) is 0. The van der Waals surface area contributed by atoms with Gasteiger partial charge >= 0.3 is 0 Å². The molecule has 0 heterocycles. The molecule has 0 aliphatic heterocycles. The standard InChI is InChI=1S/C17H27BrN2/c1-3-15(19)11-13-9-10-14(18)12-17(13)20(2)16-7-5-4-6-8-16/h9-10,12,15-16H,3-8,11,19H2,1-2H3. The van der Waals surface area contributed by atoms with Gasteiger partial charge in [0.25, 0.3) is 0 Å². The molecule has 1 fully saturated rings. The molecule has 0 bridgehead atoms. The lowest BCUT2D eigenvalue weighted by atomic mass is 9.93. The van der Waals surface area contributed by atoms with Crippen LogP contribution in [0, 0.1) is 0 Å². The molecule has 1 aromatic carbocycles. The fraction of sp³-hybridized carbons (Fsp3) is 0.647. The van der Waals surface area contributed by atoms with Crippen molar-refractivity contribution < 1.29 is 0 Å². The summed E-state index contributed by atoms with van der Waals surface area (Å²) < 4.78 is 1.16. The average molecular weight is 339 g/mol. The van der Waals surface area contributed by atoms with E-state index in [-0.39, 0.29) is 6.04 Å². The summed E-state index contributed by atoms with van der Waals surface area (Å²) in [4.78, 5) is 2.49. The Morgan fingerprint density at radius 2 is 2.00 bits per heavy atom. The predicted molar refractivity (Wildman–Crippen MR) is 91.4 cm³/mol. The second kappa shape index (κ2) is 7.46. The minimum Gasteiger partial charge on any atom is -0.371 e. The summed E-state index contributed by atoms with van der Waals surface area (Å²) in [6.07, 6.45) is 8.78. The van der Waals surface area contributed by atoms with Crippen LogP contribution in [0.4, 0.5) is 5.69 Å². The first kappa shape index (κ1) is 15.8. The monoisotopic (exact) mass is 338 g/mol. The van der Waals surface area contributed by atoms with Crippen molar-refractivity contribution in [3.8, 4) is 0 Å². The van der Waals surface area contributed by atoms with Crippen molar-refractivity contribution in [1.29, 1.82) is 0 Å². The minimum atomic E-state index is 0.259. The van der Waals surface area contributed by atoms with Crippen LogP contribution in [0.2, 0.25) is 0 Å². The first-order valence-corrected chi connectivity index (χ1v) is 8.68. The number of hydrogen-bond donors (Lipinski definition) is 1. The summed E-state index contributed by atoms with van der Waals surface area (Å²) in [6, 6.07) is 7.57. The van der Waals surface area contributed by atoms with Crippen molar-refractivity contribution in [3.63, 3.8) is 0 Å². The zero-order valence-corrected chi connectivity index (χ0v) is 14.3. The third-order valence-corrected chi connectivity index (χ3v) is 5.05. The van der Waals surface area contributed by atoms with Gasteiger partial charge in [-0.2, -0.15) is 0 Å². The van der Waals surface area contributed by atoms with Crippen molar-refractivity contribution in [2.45, 2.75) is 64.0 Å². The maximum Gasteiger partial charge on any atom is 0.0410 e. The molecule has 2 N–H and O–H groups in total. The number of nitrogens with zero attached hydrogens (tertiary/aromatic N) is 1. The number of halogens is 1. The van der Waals surface area contributed by atoms with Gasteiger partial charge in [-0.05, 0) is 43.4 Å². The van der Waals surface area contributed by atoms with Crippen LogP contribution in [0.15, 0.2) is 22.7 Å². The lowest BCUT2D eigenvalue weighted by Crippen LogP contribution is -2.34. The lowest BCUT2D eigenvalue weighted by molar-refractivity contribution is 0.427. The van der Waals surface area contributed by atoms with Gasteiger partial charge < -0.3 is 10.6 Å². The van der Waals surface area contributed by atoms with Crippen molar-refractivity contribution in [2.24, 2.45) is 5.73 Å². The van der Waals surface area contributed by atoms with Crippen molar-refractivity contribution in [3.05, 3.63) is 28.2 Å². The molecule has 1 atom stereocenters. The second-order valence-electron chi connectivity index (χ2n) is 6.05. The van der Waals surface area contributed by atoms with Gasteiger partial charge in [0.2, 0.25) is 0 Å². The molecule has 0 spiro atoms. The van der Waals surface area contributed by atoms with Crippen LogP contribution < -0.4 is 10.6 Å². The largest absolute Gasteiger partial charge is 0.371 e. The number of anilines is 1. The summed E-state index contributed by atoms with van der Waals surface area (Å²) in [6.45, 7) is 2.16. The fourth-order valence-electron chi connectivity index (χ4n) is 3.13. The van der Waals surface area contributed by atoms with E-state index in [1.165, 1.54) is 43.4 Å². The van der Waals surface area contributed by atoms with Crippen LogP contribution in [0.25, 0.3) is 0 Å². The third kappa shape index (κ3) is 3.98. The van der Waals surface area contributed by atoms with E-state index in [1.54, 1.807) is 0 Å². The highest BCUT2D eigenvalue weighted by molar-refractivity contribution is 9.10. The van der Waals surface area contributed by atoms with Crippen molar-refractivity contribution in [1.82, 2.24) is 0 Å². The SMILES string of the molecule is CCC(N)Cc1ccc(Br)cc1N(C)C1CCCCC1. The predicted octanol–water partition coefficient (Wildman–Crippen LogP) is 4.50. The smallest absolute Gasteiger partial charge is 0.0410 e. The topological polar surface area (TPSA) is 29.3 Å².